The summed E-state index contributed by atoms with van der Waals surface area (Å²) >= 11 is 0. The van der Waals surface area contributed by atoms with E-state index >= 15 is 0 Å². The lowest BCUT2D eigenvalue weighted by molar-refractivity contribution is 0.214. The van der Waals surface area contributed by atoms with E-state index in [9.17, 15) is 4.79 Å². The van der Waals surface area contributed by atoms with Gasteiger partial charge in [0.05, 0.1) is 22.4 Å². The van der Waals surface area contributed by atoms with Crippen LogP contribution in [0.4, 0.5) is 10.5 Å². The van der Waals surface area contributed by atoms with Gasteiger partial charge in [-0.05, 0) is 31.0 Å². The zero-order chi connectivity index (χ0) is 21.8. The molecule has 0 spiro atoms. The van der Waals surface area contributed by atoms with E-state index in [2.05, 4.69) is 17.4 Å². The predicted octanol–water partition coefficient (Wildman–Crippen LogP) is 6.37. The molecule has 3 aromatic carbocycles. The van der Waals surface area contributed by atoms with Crippen molar-refractivity contribution in [3.63, 3.8) is 0 Å². The van der Waals surface area contributed by atoms with E-state index in [1.807, 2.05) is 71.6 Å². The Hall–Kier alpha value is -3.73. The van der Waals surface area contributed by atoms with E-state index < -0.39 is 0 Å². The minimum absolute atomic E-state index is 0.0385. The third-order valence-corrected chi connectivity index (χ3v) is 5.90. The molecule has 1 aliphatic rings. The van der Waals surface area contributed by atoms with E-state index in [1.165, 1.54) is 12.8 Å². The molecule has 5 nitrogen and oxygen atoms in total. The SMILES string of the molecule is O=C(Nc1ccc2nc(-c3ccccc3)c(-c3ccccc3)nc2c1)N1CCCCCC1. The average molecular weight is 423 g/mol. The summed E-state index contributed by atoms with van der Waals surface area (Å²) in [7, 11) is 0. The first-order valence-corrected chi connectivity index (χ1v) is 11.3. The third-order valence-electron chi connectivity index (χ3n) is 5.90. The maximum Gasteiger partial charge on any atom is 0.321 e. The summed E-state index contributed by atoms with van der Waals surface area (Å²) in [6, 6.07) is 26.0. The smallest absolute Gasteiger partial charge is 0.321 e. The van der Waals surface area contributed by atoms with Gasteiger partial charge in [0, 0.05) is 29.9 Å². The Kier molecular flexibility index (Phi) is 5.79. The number of nitrogens with one attached hydrogen (secondary N) is 1. The molecule has 5 heteroatoms. The van der Waals surface area contributed by atoms with Crippen LogP contribution in [0.2, 0.25) is 0 Å². The molecule has 5 rings (SSSR count). The van der Waals surface area contributed by atoms with Gasteiger partial charge in [-0.1, -0.05) is 73.5 Å². The molecular formula is C27H26N4O. The van der Waals surface area contributed by atoms with E-state index in [4.69, 9.17) is 9.97 Å². The molecule has 0 bridgehead atoms. The van der Waals surface area contributed by atoms with E-state index in [0.717, 1.165) is 65.2 Å². The lowest BCUT2D eigenvalue weighted by Gasteiger charge is -2.21. The van der Waals surface area contributed by atoms with Gasteiger partial charge >= 0.3 is 6.03 Å². The molecule has 0 unspecified atom stereocenters. The highest BCUT2D eigenvalue weighted by Crippen LogP contribution is 2.31. The number of urea groups is 1. The maximum atomic E-state index is 12.8. The van der Waals surface area contributed by atoms with Crippen molar-refractivity contribution < 1.29 is 4.79 Å². The molecule has 1 N–H and O–H groups in total. The van der Waals surface area contributed by atoms with Crippen LogP contribution in [-0.2, 0) is 0 Å². The summed E-state index contributed by atoms with van der Waals surface area (Å²) < 4.78 is 0. The highest BCUT2D eigenvalue weighted by atomic mass is 16.2. The molecular weight excluding hydrogens is 396 g/mol. The van der Waals surface area contributed by atoms with Crippen LogP contribution < -0.4 is 5.32 Å². The number of aromatic nitrogens is 2. The van der Waals surface area contributed by atoms with Crippen LogP contribution in [-0.4, -0.2) is 34.0 Å². The van der Waals surface area contributed by atoms with Crippen molar-refractivity contribution in [2.45, 2.75) is 25.7 Å². The standard InChI is InChI=1S/C27H26N4O/c32-27(31-17-9-1-2-10-18-31)28-22-15-16-23-24(19-22)30-26(21-13-7-4-8-14-21)25(29-23)20-11-5-3-6-12-20/h3-8,11-16,19H,1-2,9-10,17-18H2,(H,28,32). The van der Waals surface area contributed by atoms with E-state index in [0.29, 0.717) is 0 Å². The number of hydrogen-bond donors (Lipinski definition) is 1. The minimum Gasteiger partial charge on any atom is -0.325 e. The van der Waals surface area contributed by atoms with Crippen LogP contribution >= 0.6 is 0 Å². The van der Waals surface area contributed by atoms with Crippen LogP contribution in [0.15, 0.2) is 78.9 Å². The highest BCUT2D eigenvalue weighted by Gasteiger charge is 2.17. The van der Waals surface area contributed by atoms with Gasteiger partial charge in [-0.3, -0.25) is 0 Å². The summed E-state index contributed by atoms with van der Waals surface area (Å²) in [6.45, 7) is 1.63. The first-order chi connectivity index (χ1) is 15.8. The molecule has 2 amide bonds. The maximum absolute atomic E-state index is 12.8. The Bertz CT molecular complexity index is 1220. The van der Waals surface area contributed by atoms with Crippen molar-refractivity contribution in [2.24, 2.45) is 0 Å². The van der Waals surface area contributed by atoms with Gasteiger partial charge in [-0.25, -0.2) is 14.8 Å². The highest BCUT2D eigenvalue weighted by molar-refractivity contribution is 5.93. The molecule has 4 aromatic rings. The number of amides is 2. The Labute approximate surface area is 188 Å². The average Bonchev–Trinajstić information content (AvgIpc) is 3.14. The number of anilines is 1. The molecule has 1 saturated heterocycles. The van der Waals surface area contributed by atoms with Gasteiger partial charge in [0.25, 0.3) is 0 Å². The van der Waals surface area contributed by atoms with Gasteiger partial charge < -0.3 is 10.2 Å². The van der Waals surface area contributed by atoms with Crippen LogP contribution in [0.1, 0.15) is 25.7 Å². The second-order valence-electron chi connectivity index (χ2n) is 8.19. The van der Waals surface area contributed by atoms with Crippen molar-refractivity contribution in [1.82, 2.24) is 14.9 Å². The summed E-state index contributed by atoms with van der Waals surface area (Å²) in [5.74, 6) is 0. The topological polar surface area (TPSA) is 58.1 Å². The fourth-order valence-electron chi connectivity index (χ4n) is 4.20. The van der Waals surface area contributed by atoms with E-state index in [1.54, 1.807) is 0 Å². The van der Waals surface area contributed by atoms with Crippen molar-refractivity contribution >= 4 is 22.8 Å². The second-order valence-corrected chi connectivity index (χ2v) is 8.19. The number of benzene rings is 3. The van der Waals surface area contributed by atoms with Gasteiger partial charge in [0.15, 0.2) is 0 Å². The molecule has 1 aromatic heterocycles. The molecule has 0 aliphatic carbocycles. The predicted molar refractivity (Wildman–Crippen MR) is 129 cm³/mol. The van der Waals surface area contributed by atoms with Crippen LogP contribution in [0.5, 0.6) is 0 Å². The summed E-state index contributed by atoms with van der Waals surface area (Å²) in [5, 5.41) is 3.06. The minimum atomic E-state index is -0.0385. The zero-order valence-corrected chi connectivity index (χ0v) is 18.0. The number of likely N-dealkylation sites (tertiary alicyclic amines) is 1. The van der Waals surface area contributed by atoms with Crippen LogP contribution in [0.25, 0.3) is 33.5 Å². The number of carbonyl (C=O) groups is 1. The number of rotatable bonds is 3. The molecule has 0 radical (unpaired) electrons. The van der Waals surface area contributed by atoms with Crippen molar-refractivity contribution in [2.75, 3.05) is 18.4 Å². The van der Waals surface area contributed by atoms with Crippen LogP contribution in [0, 0.1) is 0 Å². The van der Waals surface area contributed by atoms with Gasteiger partial charge in [0.1, 0.15) is 0 Å². The van der Waals surface area contributed by atoms with Gasteiger partial charge in [0.2, 0.25) is 0 Å². The first kappa shape index (κ1) is 20.2. The van der Waals surface area contributed by atoms with Gasteiger partial charge in [-0.2, -0.15) is 0 Å². The fourth-order valence-corrected chi connectivity index (χ4v) is 4.20. The molecule has 1 aliphatic heterocycles. The molecule has 0 atom stereocenters. The Balaban J connectivity index is 1.52. The second kappa shape index (κ2) is 9.18. The Morgan fingerprint density at radius 2 is 1.25 bits per heavy atom. The summed E-state index contributed by atoms with van der Waals surface area (Å²) in [6.07, 6.45) is 4.53. The van der Waals surface area contributed by atoms with Crippen molar-refractivity contribution in [3.05, 3.63) is 78.9 Å². The molecule has 2 heterocycles. The van der Waals surface area contributed by atoms with Crippen molar-refractivity contribution in [3.8, 4) is 22.5 Å². The molecule has 1 fully saturated rings. The molecule has 32 heavy (non-hydrogen) atoms. The van der Waals surface area contributed by atoms with Gasteiger partial charge in [-0.15, -0.1) is 0 Å². The Morgan fingerprint density at radius 1 is 0.688 bits per heavy atom. The molecule has 0 saturated carbocycles. The van der Waals surface area contributed by atoms with Crippen LogP contribution in [0.3, 0.4) is 0 Å². The zero-order valence-electron chi connectivity index (χ0n) is 18.0. The normalized spacial score (nSPS) is 14.2. The quantitative estimate of drug-likeness (QED) is 0.417. The number of fused-ring (bicyclic) bond motifs is 1. The number of carbonyl (C=O) groups excluding carboxylic acids is 1. The third kappa shape index (κ3) is 4.33. The number of hydrogen-bond acceptors (Lipinski definition) is 3. The monoisotopic (exact) mass is 422 g/mol. The van der Waals surface area contributed by atoms with E-state index in [-0.39, 0.29) is 6.03 Å². The summed E-state index contributed by atoms with van der Waals surface area (Å²) in [4.78, 5) is 24.6. The fraction of sp³-hybridized carbons (Fsp3) is 0.222. The largest absolute Gasteiger partial charge is 0.325 e. The number of nitrogens with zero attached hydrogens (tertiary/aromatic N) is 3. The molecule has 160 valence electrons. The van der Waals surface area contributed by atoms with Crippen molar-refractivity contribution in [1.29, 1.82) is 0 Å². The lowest BCUT2D eigenvalue weighted by atomic mass is 10.0. The Morgan fingerprint density at radius 3 is 1.84 bits per heavy atom. The lowest BCUT2D eigenvalue weighted by Crippen LogP contribution is -2.35. The first-order valence-electron chi connectivity index (χ1n) is 11.3. The summed E-state index contributed by atoms with van der Waals surface area (Å²) in [5.41, 5.74) is 6.03.